The summed E-state index contributed by atoms with van der Waals surface area (Å²) < 4.78 is 6.15. The second kappa shape index (κ2) is 9.54. The zero-order valence-electron chi connectivity index (χ0n) is 25.5. The summed E-state index contributed by atoms with van der Waals surface area (Å²) in [4.78, 5) is 41.7. The minimum atomic E-state index is -2.76. The van der Waals surface area contributed by atoms with Crippen LogP contribution in [0.25, 0.3) is 17.1 Å². The first-order valence-electron chi connectivity index (χ1n) is 14.1. The summed E-state index contributed by atoms with van der Waals surface area (Å²) in [5, 5.41) is 49.3. The highest BCUT2D eigenvalue weighted by molar-refractivity contribution is 6.25. The molecule has 43 heavy (non-hydrogen) atoms. The molecular formula is C32H39N3O8. The number of amides is 1. The van der Waals surface area contributed by atoms with Crippen molar-refractivity contribution in [3.05, 3.63) is 58.1 Å². The van der Waals surface area contributed by atoms with Crippen molar-refractivity contribution in [3.8, 4) is 17.1 Å². The minimum Gasteiger partial charge on any atom is -0.508 e. The Labute approximate surface area is 249 Å². The van der Waals surface area contributed by atoms with Crippen LogP contribution in [0.5, 0.6) is 5.75 Å². The molecule has 5 rings (SSSR count). The van der Waals surface area contributed by atoms with Gasteiger partial charge >= 0.3 is 0 Å². The molecule has 0 unspecified atom stereocenters. The Morgan fingerprint density at radius 2 is 1.77 bits per heavy atom. The SMILES string of the molecule is CN(C)[C@@H]1C(=O)C(C(N)=O)=C(O)[C@@]2(O)C(=O)C3=C(O)c4c(O)ccc(-c5ccc(CNC(C)(C)C)o5)c4C[C@@]3(C)C[C@@]12C. The molecular weight excluding hydrogens is 554 g/mol. The van der Waals surface area contributed by atoms with Gasteiger partial charge in [0.1, 0.15) is 34.4 Å². The summed E-state index contributed by atoms with van der Waals surface area (Å²) in [5.41, 5.74) is -0.211. The molecule has 0 bridgehead atoms. The number of fused-ring (bicyclic) bond motifs is 3. The Morgan fingerprint density at radius 3 is 2.35 bits per heavy atom. The number of furan rings is 1. The summed E-state index contributed by atoms with van der Waals surface area (Å²) in [6.45, 7) is 9.85. The number of hydrogen-bond donors (Lipinski definition) is 6. The van der Waals surface area contributed by atoms with Crippen molar-refractivity contribution >= 4 is 23.2 Å². The second-order valence-electron chi connectivity index (χ2n) is 13.8. The lowest BCUT2D eigenvalue weighted by Gasteiger charge is -2.59. The van der Waals surface area contributed by atoms with Gasteiger partial charge in [0.25, 0.3) is 5.91 Å². The van der Waals surface area contributed by atoms with Crippen LogP contribution in [0.2, 0.25) is 0 Å². The number of hydrogen-bond acceptors (Lipinski definition) is 10. The second-order valence-corrected chi connectivity index (χ2v) is 13.8. The van der Waals surface area contributed by atoms with Gasteiger partial charge in [-0.15, -0.1) is 0 Å². The number of carbonyl (C=O) groups excluding carboxylic acids is 3. The number of ketones is 2. The first kappa shape index (κ1) is 30.5. The highest BCUT2D eigenvalue weighted by atomic mass is 16.4. The summed E-state index contributed by atoms with van der Waals surface area (Å²) in [7, 11) is 3.14. The zero-order chi connectivity index (χ0) is 32.0. The van der Waals surface area contributed by atoms with E-state index in [1.807, 2.05) is 26.8 Å². The summed E-state index contributed by atoms with van der Waals surface area (Å²) in [6.07, 6.45) is 0.0698. The molecule has 3 aliphatic rings. The van der Waals surface area contributed by atoms with Crippen LogP contribution in [0.1, 0.15) is 57.9 Å². The van der Waals surface area contributed by atoms with Crippen molar-refractivity contribution in [1.82, 2.24) is 10.2 Å². The fraction of sp³-hybridized carbons (Fsp3) is 0.469. The lowest BCUT2D eigenvalue weighted by atomic mass is 9.46. The van der Waals surface area contributed by atoms with Crippen LogP contribution in [0, 0.1) is 10.8 Å². The maximum absolute atomic E-state index is 14.4. The lowest BCUT2D eigenvalue weighted by Crippen LogP contribution is -2.72. The monoisotopic (exact) mass is 593 g/mol. The molecule has 230 valence electrons. The van der Waals surface area contributed by atoms with Gasteiger partial charge in [0.2, 0.25) is 5.78 Å². The lowest BCUT2D eigenvalue weighted by molar-refractivity contribution is -0.175. The largest absolute Gasteiger partial charge is 0.508 e. The maximum atomic E-state index is 14.4. The van der Waals surface area contributed by atoms with Gasteiger partial charge in [0.05, 0.1) is 18.2 Å². The van der Waals surface area contributed by atoms with E-state index < -0.39 is 57.0 Å². The first-order chi connectivity index (χ1) is 19.8. The number of rotatable bonds is 5. The topological polar surface area (TPSA) is 187 Å². The molecule has 1 aromatic heterocycles. The predicted octanol–water partition coefficient (Wildman–Crippen LogP) is 2.89. The number of nitrogens with zero attached hydrogens (tertiary/aromatic N) is 1. The summed E-state index contributed by atoms with van der Waals surface area (Å²) in [5.74, 6) is -3.96. The predicted molar refractivity (Wildman–Crippen MR) is 158 cm³/mol. The van der Waals surface area contributed by atoms with Crippen LogP contribution in [-0.2, 0) is 27.3 Å². The van der Waals surface area contributed by atoms with Crippen LogP contribution in [0.15, 0.2) is 45.6 Å². The maximum Gasteiger partial charge on any atom is 0.255 e. The third kappa shape index (κ3) is 4.24. The number of aliphatic hydroxyl groups excluding tert-OH is 2. The molecule has 0 radical (unpaired) electrons. The molecule has 0 spiro atoms. The van der Waals surface area contributed by atoms with Crippen molar-refractivity contribution in [2.45, 2.75) is 71.2 Å². The molecule has 1 aromatic carbocycles. The molecule has 1 amide bonds. The van der Waals surface area contributed by atoms with Gasteiger partial charge in [0, 0.05) is 27.5 Å². The van der Waals surface area contributed by atoms with Crippen LogP contribution in [0.3, 0.4) is 0 Å². The number of phenols is 1. The first-order valence-corrected chi connectivity index (χ1v) is 14.1. The van der Waals surface area contributed by atoms with E-state index in [2.05, 4.69) is 5.32 Å². The number of Topliss-reactive ketones (excluding diaryl/α,β-unsaturated/α-hetero) is 2. The zero-order valence-corrected chi connectivity index (χ0v) is 25.5. The van der Waals surface area contributed by atoms with Crippen molar-refractivity contribution in [2.75, 3.05) is 14.1 Å². The van der Waals surface area contributed by atoms with E-state index in [-0.39, 0.29) is 35.3 Å². The molecule has 0 aliphatic heterocycles. The van der Waals surface area contributed by atoms with Crippen LogP contribution in [-0.4, -0.2) is 74.1 Å². The van der Waals surface area contributed by atoms with Gasteiger partial charge in [-0.05, 0) is 77.5 Å². The molecule has 11 nitrogen and oxygen atoms in total. The van der Waals surface area contributed by atoms with Crippen LogP contribution in [0.4, 0.5) is 0 Å². The Morgan fingerprint density at radius 1 is 1.12 bits per heavy atom. The fourth-order valence-corrected chi connectivity index (χ4v) is 7.52. The molecule has 1 saturated carbocycles. The molecule has 7 N–H and O–H groups in total. The minimum absolute atomic E-state index is 0.00549. The Kier molecular flexibility index (Phi) is 6.77. The number of phenolic OH excluding ortho intramolecular Hbond substituents is 1. The van der Waals surface area contributed by atoms with E-state index in [4.69, 9.17) is 10.2 Å². The average Bonchev–Trinajstić information content (AvgIpc) is 3.33. The Hall–Kier alpha value is -3.93. The number of primary amides is 1. The van der Waals surface area contributed by atoms with Crippen molar-refractivity contribution < 1.29 is 39.2 Å². The number of carbonyl (C=O) groups is 3. The molecule has 1 heterocycles. The number of nitrogens with two attached hydrogens (primary N) is 1. The molecule has 11 heteroatoms. The third-order valence-electron chi connectivity index (χ3n) is 9.24. The average molecular weight is 594 g/mol. The van der Waals surface area contributed by atoms with E-state index in [9.17, 15) is 34.8 Å². The summed E-state index contributed by atoms with van der Waals surface area (Å²) in [6, 6.07) is 5.49. The molecule has 3 aliphatic carbocycles. The normalized spacial score (nSPS) is 29.1. The Balaban J connectivity index is 1.72. The van der Waals surface area contributed by atoms with Gasteiger partial charge in [0.15, 0.2) is 11.4 Å². The number of benzene rings is 1. The van der Waals surface area contributed by atoms with Gasteiger partial charge in [-0.2, -0.15) is 0 Å². The van der Waals surface area contributed by atoms with Crippen molar-refractivity contribution in [2.24, 2.45) is 16.6 Å². The quantitative estimate of drug-likeness (QED) is 0.282. The highest BCUT2D eigenvalue weighted by Gasteiger charge is 2.72. The van der Waals surface area contributed by atoms with Crippen LogP contribution < -0.4 is 11.1 Å². The third-order valence-corrected chi connectivity index (χ3v) is 9.24. The highest BCUT2D eigenvalue weighted by Crippen LogP contribution is 2.63. The van der Waals surface area contributed by atoms with Crippen LogP contribution >= 0.6 is 0 Å². The van der Waals surface area contributed by atoms with Gasteiger partial charge in [-0.3, -0.25) is 19.3 Å². The van der Waals surface area contributed by atoms with Gasteiger partial charge in [-0.25, -0.2) is 0 Å². The summed E-state index contributed by atoms with van der Waals surface area (Å²) >= 11 is 0. The number of nitrogens with one attached hydrogen (secondary N) is 1. The van der Waals surface area contributed by atoms with Crippen molar-refractivity contribution in [3.63, 3.8) is 0 Å². The Bertz CT molecular complexity index is 1640. The van der Waals surface area contributed by atoms with E-state index >= 15 is 0 Å². The van der Waals surface area contributed by atoms with E-state index in [1.54, 1.807) is 33.2 Å². The number of likely N-dealkylation sites (N-methyl/N-ethyl adjacent to an activating group) is 1. The van der Waals surface area contributed by atoms with Crippen molar-refractivity contribution in [1.29, 1.82) is 0 Å². The number of aliphatic hydroxyl groups is 3. The van der Waals surface area contributed by atoms with E-state index in [0.717, 1.165) is 0 Å². The fourth-order valence-electron chi connectivity index (χ4n) is 7.52. The van der Waals surface area contributed by atoms with Gasteiger partial charge in [-0.1, -0.05) is 13.8 Å². The van der Waals surface area contributed by atoms with Gasteiger partial charge < -0.3 is 35.9 Å². The molecule has 2 aromatic rings. The molecule has 0 saturated heterocycles. The number of aromatic hydroxyl groups is 1. The smallest absolute Gasteiger partial charge is 0.255 e. The van der Waals surface area contributed by atoms with E-state index in [0.29, 0.717) is 29.2 Å². The van der Waals surface area contributed by atoms with E-state index in [1.165, 1.54) is 17.9 Å². The molecule has 4 atom stereocenters. The molecule has 1 fully saturated rings. The standard InChI is InChI=1S/C32H39N3O8/c1-29(2,3)34-13-15-8-11-19(43-15)16-9-10-18(36)20-17(16)12-30(4)14-31(5)25(35(6)7)24(38)21(28(33)41)26(39)32(31,42)27(40)22(30)23(20)37/h8-11,25,34,36-37,39,42H,12-14H2,1-7H3,(H2,33,41)/t25-,30+,31+,32-/m1/s1.